The maximum atomic E-state index is 13.2. The van der Waals surface area contributed by atoms with E-state index < -0.39 is 6.04 Å². The van der Waals surface area contributed by atoms with Gasteiger partial charge >= 0.3 is 0 Å². The second kappa shape index (κ2) is 12.3. The van der Waals surface area contributed by atoms with E-state index in [0.717, 1.165) is 12.0 Å². The van der Waals surface area contributed by atoms with Crippen molar-refractivity contribution in [3.8, 4) is 5.75 Å². The Balaban J connectivity index is 2.20. The number of ether oxygens (including phenoxy) is 1. The largest absolute Gasteiger partial charge is 0.484 e. The Kier molecular flexibility index (Phi) is 10.1. The van der Waals surface area contributed by atoms with E-state index in [1.807, 2.05) is 38.1 Å². The molecule has 33 heavy (non-hydrogen) atoms. The molecule has 180 valence electrons. The van der Waals surface area contributed by atoms with Gasteiger partial charge in [0.25, 0.3) is 5.91 Å². The molecule has 0 unspecified atom stereocenters. The van der Waals surface area contributed by atoms with Gasteiger partial charge in [-0.15, -0.1) is 0 Å². The number of rotatable bonds is 10. The van der Waals surface area contributed by atoms with E-state index in [9.17, 15) is 9.59 Å². The predicted molar refractivity (Wildman–Crippen MR) is 135 cm³/mol. The summed E-state index contributed by atoms with van der Waals surface area (Å²) < 4.78 is 5.78. The van der Waals surface area contributed by atoms with Gasteiger partial charge in [0, 0.05) is 13.1 Å². The first-order chi connectivity index (χ1) is 15.6. The molecule has 2 aromatic rings. The zero-order chi connectivity index (χ0) is 24.6. The third-order valence-electron chi connectivity index (χ3n) is 5.35. The quantitative estimate of drug-likeness (QED) is 0.442. The molecular weight excluding hydrogens is 459 g/mol. The van der Waals surface area contributed by atoms with Crippen LogP contribution in [0.25, 0.3) is 0 Å². The number of hydrogen-bond donors (Lipinski definition) is 1. The van der Waals surface area contributed by atoms with Gasteiger partial charge in [-0.3, -0.25) is 9.59 Å². The highest BCUT2D eigenvalue weighted by molar-refractivity contribution is 6.42. The summed E-state index contributed by atoms with van der Waals surface area (Å²) in [5.41, 5.74) is 2.00. The molecule has 0 saturated heterocycles. The summed E-state index contributed by atoms with van der Waals surface area (Å²) in [6, 6.07) is 12.3. The monoisotopic (exact) mass is 492 g/mol. The number of halogens is 2. The number of hydrogen-bond acceptors (Lipinski definition) is 3. The second-order valence-electron chi connectivity index (χ2n) is 9.05. The second-order valence-corrected chi connectivity index (χ2v) is 9.86. The van der Waals surface area contributed by atoms with Crippen LogP contribution in [0, 0.1) is 0 Å². The van der Waals surface area contributed by atoms with Crippen molar-refractivity contribution >= 4 is 35.0 Å². The molecule has 0 radical (unpaired) electrons. The average molecular weight is 493 g/mol. The number of nitrogens with zero attached hydrogens (tertiary/aromatic N) is 1. The van der Waals surface area contributed by atoms with Crippen LogP contribution in [0.5, 0.6) is 5.75 Å². The predicted octanol–water partition coefficient (Wildman–Crippen LogP) is 6.00. The van der Waals surface area contributed by atoms with E-state index in [2.05, 4.69) is 26.1 Å². The highest BCUT2D eigenvalue weighted by Crippen LogP contribution is 2.25. The number of amides is 2. The van der Waals surface area contributed by atoms with Gasteiger partial charge in [0.05, 0.1) is 10.0 Å². The van der Waals surface area contributed by atoms with Gasteiger partial charge < -0.3 is 15.0 Å². The van der Waals surface area contributed by atoms with E-state index in [1.54, 1.807) is 23.1 Å². The Labute approximate surface area is 207 Å². The fourth-order valence-electron chi connectivity index (χ4n) is 3.40. The van der Waals surface area contributed by atoms with Crippen molar-refractivity contribution in [3.05, 3.63) is 63.6 Å². The minimum absolute atomic E-state index is 0.0329. The molecule has 2 amide bonds. The molecule has 0 aliphatic heterocycles. The van der Waals surface area contributed by atoms with Crippen LogP contribution in [0.2, 0.25) is 10.0 Å². The summed E-state index contributed by atoms with van der Waals surface area (Å²) in [4.78, 5) is 27.6. The van der Waals surface area contributed by atoms with Gasteiger partial charge in [-0.25, -0.2) is 0 Å². The Morgan fingerprint density at radius 1 is 1.03 bits per heavy atom. The lowest BCUT2D eigenvalue weighted by Crippen LogP contribution is -2.50. The molecule has 5 nitrogen and oxygen atoms in total. The normalized spacial score (nSPS) is 12.2. The molecule has 0 aliphatic rings. The molecule has 0 bridgehead atoms. The van der Waals surface area contributed by atoms with Crippen LogP contribution in [0.1, 0.15) is 58.6 Å². The van der Waals surface area contributed by atoms with Crippen LogP contribution in [-0.4, -0.2) is 35.9 Å². The van der Waals surface area contributed by atoms with Gasteiger partial charge in [0.15, 0.2) is 6.61 Å². The molecule has 0 heterocycles. The lowest BCUT2D eigenvalue weighted by Gasteiger charge is -2.30. The zero-order valence-corrected chi connectivity index (χ0v) is 21.6. The fraction of sp³-hybridized carbons (Fsp3) is 0.462. The standard InChI is InChI=1S/C26H34Cl2N2O3/c1-6-14-29-25(32)23(7-2)30(16-18-8-13-21(27)22(28)15-18)24(31)17-33-20-11-9-19(10-12-20)26(3,4)5/h8-13,15,23H,6-7,14,16-17H2,1-5H3,(H,29,32)/t23-/m1/s1. The van der Waals surface area contributed by atoms with Crippen LogP contribution < -0.4 is 10.1 Å². The van der Waals surface area contributed by atoms with Crippen LogP contribution in [0.3, 0.4) is 0 Å². The minimum atomic E-state index is -0.620. The molecule has 0 aliphatic carbocycles. The van der Waals surface area contributed by atoms with Crippen molar-refractivity contribution in [2.45, 2.75) is 65.5 Å². The van der Waals surface area contributed by atoms with Crippen molar-refractivity contribution in [1.29, 1.82) is 0 Å². The van der Waals surface area contributed by atoms with Crippen LogP contribution in [0.15, 0.2) is 42.5 Å². The minimum Gasteiger partial charge on any atom is -0.484 e. The highest BCUT2D eigenvalue weighted by Gasteiger charge is 2.29. The van der Waals surface area contributed by atoms with Crippen LogP contribution in [-0.2, 0) is 21.5 Å². The number of carbonyl (C=O) groups is 2. The van der Waals surface area contributed by atoms with Gasteiger partial charge in [-0.2, -0.15) is 0 Å². The van der Waals surface area contributed by atoms with Gasteiger partial charge in [-0.1, -0.05) is 76.0 Å². The van der Waals surface area contributed by atoms with Gasteiger partial charge in [-0.05, 0) is 53.6 Å². The van der Waals surface area contributed by atoms with E-state index in [-0.39, 0.29) is 30.4 Å². The molecule has 1 N–H and O–H groups in total. The average Bonchev–Trinajstić information content (AvgIpc) is 2.77. The Bertz CT molecular complexity index is 940. The third kappa shape index (κ3) is 7.94. The molecule has 0 aromatic heterocycles. The first kappa shape index (κ1) is 27.0. The van der Waals surface area contributed by atoms with Gasteiger partial charge in [0.2, 0.25) is 5.91 Å². The van der Waals surface area contributed by atoms with E-state index in [4.69, 9.17) is 27.9 Å². The van der Waals surface area contributed by atoms with Crippen molar-refractivity contribution in [1.82, 2.24) is 10.2 Å². The Morgan fingerprint density at radius 2 is 1.70 bits per heavy atom. The van der Waals surface area contributed by atoms with Crippen molar-refractivity contribution in [3.63, 3.8) is 0 Å². The lowest BCUT2D eigenvalue weighted by atomic mass is 9.87. The molecule has 2 rings (SSSR count). The van der Waals surface area contributed by atoms with Crippen LogP contribution >= 0.6 is 23.2 Å². The summed E-state index contributed by atoms with van der Waals surface area (Å²) in [5, 5.41) is 3.74. The van der Waals surface area contributed by atoms with Crippen molar-refractivity contribution in [2.75, 3.05) is 13.2 Å². The number of nitrogens with one attached hydrogen (secondary N) is 1. The molecule has 0 fully saturated rings. The maximum Gasteiger partial charge on any atom is 0.261 e. The summed E-state index contributed by atoms with van der Waals surface area (Å²) >= 11 is 12.2. The Hall–Kier alpha value is -2.24. The SMILES string of the molecule is CCCNC(=O)[C@@H](CC)N(Cc1ccc(Cl)c(Cl)c1)C(=O)COc1ccc(C(C)(C)C)cc1. The number of benzene rings is 2. The fourth-order valence-corrected chi connectivity index (χ4v) is 3.72. The number of carbonyl (C=O) groups excluding carboxylic acids is 2. The Morgan fingerprint density at radius 3 is 2.24 bits per heavy atom. The zero-order valence-electron chi connectivity index (χ0n) is 20.1. The van der Waals surface area contributed by atoms with Crippen molar-refractivity contribution in [2.24, 2.45) is 0 Å². The topological polar surface area (TPSA) is 58.6 Å². The molecule has 1 atom stereocenters. The molecule has 0 spiro atoms. The smallest absolute Gasteiger partial charge is 0.261 e. The maximum absolute atomic E-state index is 13.2. The van der Waals surface area contributed by atoms with Gasteiger partial charge in [0.1, 0.15) is 11.8 Å². The summed E-state index contributed by atoms with van der Waals surface area (Å²) in [6.07, 6.45) is 1.29. The van der Waals surface area contributed by atoms with Crippen molar-refractivity contribution < 1.29 is 14.3 Å². The lowest BCUT2D eigenvalue weighted by molar-refractivity contribution is -0.143. The van der Waals surface area contributed by atoms with E-state index >= 15 is 0 Å². The summed E-state index contributed by atoms with van der Waals surface area (Å²) in [5.74, 6) is 0.149. The van der Waals surface area contributed by atoms with E-state index in [0.29, 0.717) is 28.8 Å². The summed E-state index contributed by atoms with van der Waals surface area (Å²) in [6.45, 7) is 10.9. The molecular formula is C26H34Cl2N2O3. The van der Waals surface area contributed by atoms with Crippen LogP contribution in [0.4, 0.5) is 0 Å². The third-order valence-corrected chi connectivity index (χ3v) is 6.09. The first-order valence-corrected chi connectivity index (χ1v) is 12.1. The van der Waals surface area contributed by atoms with E-state index in [1.165, 1.54) is 5.56 Å². The first-order valence-electron chi connectivity index (χ1n) is 11.3. The summed E-state index contributed by atoms with van der Waals surface area (Å²) in [7, 11) is 0. The highest BCUT2D eigenvalue weighted by atomic mass is 35.5. The molecule has 2 aromatic carbocycles. The molecule has 0 saturated carbocycles. The molecule has 7 heteroatoms.